The molecular weight excluding hydrogens is 838 g/mol. The van der Waals surface area contributed by atoms with Crippen LogP contribution < -0.4 is 4.89 Å². The Kier molecular flexibility index (Phi) is 42.6. The molecule has 0 rings (SSSR count). The van der Waals surface area contributed by atoms with E-state index in [0.29, 0.717) is 30.3 Å². The molecule has 0 aromatic carbocycles. The van der Waals surface area contributed by atoms with Crippen LogP contribution in [0.3, 0.4) is 0 Å². The van der Waals surface area contributed by atoms with Crippen molar-refractivity contribution in [1.82, 2.24) is 0 Å². The van der Waals surface area contributed by atoms with Crippen LogP contribution in [0.1, 0.15) is 265 Å². The molecule has 0 heterocycles. The van der Waals surface area contributed by atoms with E-state index in [2.05, 4.69) is 32.9 Å². The second-order valence-electron chi connectivity index (χ2n) is 20.0. The van der Waals surface area contributed by atoms with Crippen LogP contribution in [0.2, 0.25) is 0 Å². The first-order valence-electron chi connectivity index (χ1n) is 27.3. The van der Waals surface area contributed by atoms with Gasteiger partial charge >= 0.3 is 11.9 Å². The zero-order valence-corrected chi connectivity index (χ0v) is 44.3. The molecule has 384 valence electrons. The number of phosphoric ester groups is 1. The number of likely N-dealkylation sites (N-methyl/N-ethyl adjacent to an activating group) is 1. The van der Waals surface area contributed by atoms with E-state index in [1.807, 2.05) is 21.1 Å². The van der Waals surface area contributed by atoms with Gasteiger partial charge in [-0.25, -0.2) is 0 Å². The Bertz CT molecular complexity index is 1210. The quantitative estimate of drug-likeness (QED) is 0.0192. The third-order valence-corrected chi connectivity index (χ3v) is 13.3. The first kappa shape index (κ1) is 63.4. The summed E-state index contributed by atoms with van der Waals surface area (Å²) in [4.78, 5) is 53.9. The number of esters is 2. The minimum atomic E-state index is -4.91. The highest BCUT2D eigenvalue weighted by Gasteiger charge is 2.45. The van der Waals surface area contributed by atoms with Crippen molar-refractivity contribution < 1.29 is 46.8 Å². The van der Waals surface area contributed by atoms with E-state index < -0.39 is 44.4 Å². The number of Topliss-reactive ketones (excluding diaryl/α,β-unsaturated/α-hetero) is 1. The van der Waals surface area contributed by atoms with Crippen LogP contribution >= 0.6 is 7.82 Å². The maximum Gasteiger partial charge on any atom is 0.306 e. The van der Waals surface area contributed by atoms with Crippen LogP contribution in [0, 0.1) is 0 Å². The Morgan fingerprint density at radius 1 is 0.477 bits per heavy atom. The zero-order chi connectivity index (χ0) is 48.2. The van der Waals surface area contributed by atoms with E-state index in [1.54, 1.807) is 0 Å². The van der Waals surface area contributed by atoms with Gasteiger partial charge in [0.25, 0.3) is 7.82 Å². The number of hydrogen-bond donors (Lipinski definition) is 0. The molecule has 11 heteroatoms. The summed E-state index contributed by atoms with van der Waals surface area (Å²) in [5.74, 6) is -1.64. The number of allylic oxidation sites excluding steroid dienone is 2. The van der Waals surface area contributed by atoms with Crippen molar-refractivity contribution in [2.24, 2.45) is 0 Å². The summed E-state index contributed by atoms with van der Waals surface area (Å²) in [6.07, 6.45) is 44.3. The maximum absolute atomic E-state index is 14.2. The summed E-state index contributed by atoms with van der Waals surface area (Å²) in [6.45, 7) is 5.58. The molecule has 0 amide bonds. The molecule has 0 aromatic rings. The van der Waals surface area contributed by atoms with E-state index in [4.69, 9.17) is 18.5 Å². The molecule has 0 aliphatic rings. The minimum absolute atomic E-state index is 0.0366. The molecule has 0 saturated carbocycles. The topological polar surface area (TPSA) is 128 Å². The van der Waals surface area contributed by atoms with Crippen LogP contribution in [-0.4, -0.2) is 75.3 Å². The normalized spacial score (nSPS) is 13.8. The average molecular weight is 942 g/mol. The lowest BCUT2D eigenvalue weighted by Gasteiger charge is -2.34. The molecule has 10 nitrogen and oxygen atoms in total. The second kappa shape index (κ2) is 43.7. The number of carbonyl (C=O) groups is 3. The third-order valence-electron chi connectivity index (χ3n) is 12.4. The average Bonchev–Trinajstić information content (AvgIpc) is 3.26. The molecule has 0 fully saturated rings. The van der Waals surface area contributed by atoms with Gasteiger partial charge in [0.1, 0.15) is 26.4 Å². The highest BCUT2D eigenvalue weighted by Crippen LogP contribution is 2.40. The van der Waals surface area contributed by atoms with Gasteiger partial charge in [-0.15, -0.1) is 0 Å². The lowest BCUT2D eigenvalue weighted by Crippen LogP contribution is -2.52. The number of rotatable bonds is 50. The van der Waals surface area contributed by atoms with Crippen LogP contribution in [0.5, 0.6) is 0 Å². The monoisotopic (exact) mass is 942 g/mol. The van der Waals surface area contributed by atoms with E-state index in [-0.39, 0.29) is 25.9 Å². The van der Waals surface area contributed by atoms with Gasteiger partial charge < -0.3 is 27.9 Å². The van der Waals surface area contributed by atoms with Gasteiger partial charge in [-0.2, -0.15) is 0 Å². The number of nitrogens with zero attached hydrogens (tertiary/aromatic N) is 1. The van der Waals surface area contributed by atoms with E-state index >= 15 is 0 Å². The SMILES string of the molecule is CCCCCCCC/C=C\CCCCCCCC(=O)[C@@](COC(=O)CCCCCCCCCCCCC)(COP(=O)([O-])OCC[N+](C)(C)C)OC(=O)CCCCCCCCCCCCC. The summed E-state index contributed by atoms with van der Waals surface area (Å²) in [5.41, 5.74) is -2.11. The van der Waals surface area contributed by atoms with Crippen LogP contribution in [-0.2, 0) is 37.5 Å². The van der Waals surface area contributed by atoms with Gasteiger partial charge in [0.2, 0.25) is 5.60 Å². The molecule has 0 radical (unpaired) electrons. The largest absolute Gasteiger partial charge is 0.756 e. The fraction of sp³-hybridized carbons (Fsp3) is 0.907. The number of ketones is 1. The Hall–Kier alpha value is -1.58. The number of ether oxygens (including phenoxy) is 2. The third kappa shape index (κ3) is 42.3. The van der Waals surface area contributed by atoms with Crippen molar-refractivity contribution in [1.29, 1.82) is 0 Å². The number of unbranched alkanes of at least 4 members (excludes halogenated alkanes) is 31. The van der Waals surface area contributed by atoms with Crippen molar-refractivity contribution >= 4 is 25.5 Å². The molecule has 65 heavy (non-hydrogen) atoms. The first-order valence-corrected chi connectivity index (χ1v) is 28.7. The Morgan fingerprint density at radius 3 is 1.23 bits per heavy atom. The molecule has 0 bridgehead atoms. The van der Waals surface area contributed by atoms with Crippen LogP contribution in [0.25, 0.3) is 0 Å². The summed E-state index contributed by atoms with van der Waals surface area (Å²) in [6, 6.07) is 0. The number of phosphoric acid groups is 1. The summed E-state index contributed by atoms with van der Waals surface area (Å²) >= 11 is 0. The van der Waals surface area contributed by atoms with Crippen molar-refractivity contribution in [3.8, 4) is 0 Å². The molecule has 0 aliphatic carbocycles. The molecule has 0 aliphatic heterocycles. The molecule has 0 spiro atoms. The number of hydrogen-bond acceptors (Lipinski definition) is 9. The van der Waals surface area contributed by atoms with Crippen LogP contribution in [0.15, 0.2) is 12.2 Å². The zero-order valence-electron chi connectivity index (χ0n) is 43.4. The lowest BCUT2D eigenvalue weighted by molar-refractivity contribution is -0.870. The second-order valence-corrected chi connectivity index (χ2v) is 21.4. The maximum atomic E-state index is 14.2. The van der Waals surface area contributed by atoms with E-state index in [9.17, 15) is 23.8 Å². The van der Waals surface area contributed by atoms with Gasteiger partial charge in [0.05, 0.1) is 21.1 Å². The highest BCUT2D eigenvalue weighted by molar-refractivity contribution is 7.45. The number of quaternary nitrogens is 1. The number of carbonyl (C=O) groups excluding carboxylic acids is 3. The lowest BCUT2D eigenvalue weighted by atomic mass is 9.94. The van der Waals surface area contributed by atoms with Gasteiger partial charge in [-0.1, -0.05) is 213 Å². The molecule has 1 unspecified atom stereocenters. The van der Waals surface area contributed by atoms with Crippen molar-refractivity contribution in [2.75, 3.05) is 47.5 Å². The summed E-state index contributed by atoms with van der Waals surface area (Å²) in [5, 5.41) is 0. The highest BCUT2D eigenvalue weighted by atomic mass is 31.2. The Morgan fingerprint density at radius 2 is 0.831 bits per heavy atom. The first-order chi connectivity index (χ1) is 31.3. The molecule has 0 N–H and O–H groups in total. The Balaban J connectivity index is 5.55. The van der Waals surface area contributed by atoms with E-state index in [1.165, 1.54) is 128 Å². The summed E-state index contributed by atoms with van der Waals surface area (Å²) < 4.78 is 35.7. The van der Waals surface area contributed by atoms with Crippen molar-refractivity contribution in [2.45, 2.75) is 270 Å². The van der Waals surface area contributed by atoms with Gasteiger partial charge in [-0.05, 0) is 44.9 Å². The molecule has 0 aromatic heterocycles. The van der Waals surface area contributed by atoms with Crippen LogP contribution in [0.4, 0.5) is 0 Å². The standard InChI is InChI=1S/C54H104NO9P/c1-7-10-13-16-19-22-25-26-27-28-31-32-35-38-41-44-51(56)54(50-63-65(59,60)62-48-47-55(4,5)6,64-53(58)46-43-40-37-34-30-24-21-18-15-12-9-3)49-61-52(57)45-42-39-36-33-29-23-20-17-14-11-8-2/h26-27H,7-25,28-50H2,1-6H3/b27-26-/t54-/m1/s1. The predicted octanol–water partition coefficient (Wildman–Crippen LogP) is 15.0. The molecule has 2 atom stereocenters. The van der Waals surface area contributed by atoms with Crippen molar-refractivity contribution in [3.05, 3.63) is 12.2 Å². The Labute approximate surface area is 401 Å². The minimum Gasteiger partial charge on any atom is -0.756 e. The smallest absolute Gasteiger partial charge is 0.306 e. The fourth-order valence-corrected chi connectivity index (χ4v) is 8.70. The fourth-order valence-electron chi connectivity index (χ4n) is 7.95. The molecule has 0 saturated heterocycles. The summed E-state index contributed by atoms with van der Waals surface area (Å²) in [7, 11) is 0.839. The van der Waals surface area contributed by atoms with Gasteiger partial charge in [0, 0.05) is 19.3 Å². The van der Waals surface area contributed by atoms with E-state index in [0.717, 1.165) is 77.0 Å². The van der Waals surface area contributed by atoms with Gasteiger partial charge in [0.15, 0.2) is 5.78 Å². The van der Waals surface area contributed by atoms with Gasteiger partial charge in [-0.3, -0.25) is 18.9 Å². The molecular formula is C54H104NO9P. The van der Waals surface area contributed by atoms with Crippen molar-refractivity contribution in [3.63, 3.8) is 0 Å². The predicted molar refractivity (Wildman–Crippen MR) is 269 cm³/mol.